The van der Waals surface area contributed by atoms with Crippen LogP contribution in [0.3, 0.4) is 0 Å². The van der Waals surface area contributed by atoms with Crippen LogP contribution in [-0.2, 0) is 6.42 Å². The number of benzene rings is 2. The molecular weight excluding hydrogens is 230 g/mol. The van der Waals surface area contributed by atoms with Crippen LogP contribution in [0.5, 0.6) is 0 Å². The molecule has 1 atom stereocenters. The highest BCUT2D eigenvalue weighted by molar-refractivity contribution is 5.24. The molecule has 0 saturated heterocycles. The molecule has 0 aliphatic carbocycles. The first-order valence-corrected chi connectivity index (χ1v) is 5.98. The summed E-state index contributed by atoms with van der Waals surface area (Å²) in [5.74, 6) is -0.189. The smallest absolute Gasteiger partial charge is 0.123 e. The Morgan fingerprint density at radius 2 is 1.39 bits per heavy atom. The molecule has 0 aliphatic heterocycles. The molecule has 0 amide bonds. The molecule has 0 spiro atoms. The number of hydrogen-bond acceptors (Lipinski definition) is 0. The van der Waals surface area contributed by atoms with Crippen molar-refractivity contribution in [2.75, 3.05) is 0 Å². The molecule has 0 bridgehead atoms. The summed E-state index contributed by atoms with van der Waals surface area (Å²) in [7, 11) is 0. The third kappa shape index (κ3) is 3.33. The van der Waals surface area contributed by atoms with E-state index in [1.165, 1.54) is 24.3 Å². The Bertz CT molecular complexity index is 486. The van der Waals surface area contributed by atoms with Crippen LogP contribution in [0.2, 0.25) is 0 Å². The monoisotopic (exact) mass is 245 g/mol. The van der Waals surface area contributed by atoms with Gasteiger partial charge in [0, 0.05) is 0 Å². The normalized spacial score (nSPS) is 12.2. The lowest BCUT2D eigenvalue weighted by Crippen LogP contribution is -1.97. The summed E-state index contributed by atoms with van der Waals surface area (Å²) < 4.78 is 25.5. The third-order valence-electron chi connectivity index (χ3n) is 3.02. The maximum absolute atomic E-state index is 12.8. The molecule has 0 N–H and O–H groups in total. The third-order valence-corrected chi connectivity index (χ3v) is 3.02. The van der Waals surface area contributed by atoms with Gasteiger partial charge in [-0.05, 0) is 42.3 Å². The van der Waals surface area contributed by atoms with Gasteiger partial charge in [0.05, 0.1) is 6.42 Å². The zero-order valence-electron chi connectivity index (χ0n) is 10.2. The Kier molecular flexibility index (Phi) is 3.98. The van der Waals surface area contributed by atoms with Crippen molar-refractivity contribution in [3.05, 3.63) is 77.7 Å². The fourth-order valence-electron chi connectivity index (χ4n) is 1.84. The van der Waals surface area contributed by atoms with Crippen LogP contribution in [0.4, 0.5) is 8.78 Å². The molecule has 0 saturated carbocycles. The van der Waals surface area contributed by atoms with Gasteiger partial charge in [0.15, 0.2) is 0 Å². The molecular formula is C16H15F2+. The summed E-state index contributed by atoms with van der Waals surface area (Å²) in [5, 5.41) is 0. The maximum Gasteiger partial charge on any atom is 0.123 e. The van der Waals surface area contributed by atoms with Crippen LogP contribution >= 0.6 is 0 Å². The molecule has 0 nitrogen and oxygen atoms in total. The van der Waals surface area contributed by atoms with Crippen molar-refractivity contribution >= 4 is 0 Å². The molecule has 2 rings (SSSR count). The molecule has 2 heteroatoms. The molecule has 0 aliphatic rings. The van der Waals surface area contributed by atoms with Crippen LogP contribution in [0.15, 0.2) is 48.5 Å². The van der Waals surface area contributed by atoms with Crippen LogP contribution in [0, 0.1) is 18.1 Å². The van der Waals surface area contributed by atoms with Crippen molar-refractivity contribution in [1.82, 2.24) is 0 Å². The van der Waals surface area contributed by atoms with Gasteiger partial charge in [-0.3, -0.25) is 0 Å². The van der Waals surface area contributed by atoms with Crippen LogP contribution < -0.4 is 0 Å². The van der Waals surface area contributed by atoms with E-state index in [2.05, 4.69) is 13.3 Å². The molecule has 92 valence electrons. The Labute approximate surface area is 106 Å². The Morgan fingerprint density at radius 1 is 0.889 bits per heavy atom. The fraction of sp³-hybridized carbons (Fsp3) is 0.188. The number of rotatable bonds is 4. The van der Waals surface area contributed by atoms with Crippen LogP contribution in [0.25, 0.3) is 0 Å². The van der Waals surface area contributed by atoms with Crippen LogP contribution in [-0.4, -0.2) is 0 Å². The molecule has 0 heterocycles. The standard InChI is InChI=1S/C16H15F2/c1-12(14-6-10-16(18)11-7-14)2-3-13-4-8-15(17)9-5-13/h2,4-12H,3H2,1H3/q+1. The average Bonchev–Trinajstić information content (AvgIpc) is 2.38. The van der Waals surface area contributed by atoms with Gasteiger partial charge in [0.1, 0.15) is 24.0 Å². The highest BCUT2D eigenvalue weighted by Crippen LogP contribution is 2.20. The predicted octanol–water partition coefficient (Wildman–Crippen LogP) is 4.52. The quantitative estimate of drug-likeness (QED) is 0.695. The summed E-state index contributed by atoms with van der Waals surface area (Å²) in [6.07, 6.45) is 2.92. The van der Waals surface area contributed by atoms with E-state index in [-0.39, 0.29) is 17.6 Å². The van der Waals surface area contributed by atoms with E-state index in [1.54, 1.807) is 24.3 Å². The van der Waals surface area contributed by atoms with E-state index in [4.69, 9.17) is 0 Å². The lowest BCUT2D eigenvalue weighted by atomic mass is 9.94. The van der Waals surface area contributed by atoms with Gasteiger partial charge in [-0.15, -0.1) is 0 Å². The van der Waals surface area contributed by atoms with E-state index in [1.807, 2.05) is 0 Å². The zero-order chi connectivity index (χ0) is 13.0. The highest BCUT2D eigenvalue weighted by atomic mass is 19.1. The van der Waals surface area contributed by atoms with Crippen molar-refractivity contribution in [3.63, 3.8) is 0 Å². The molecule has 18 heavy (non-hydrogen) atoms. The summed E-state index contributed by atoms with van der Waals surface area (Å²) in [6, 6.07) is 13.0. The summed E-state index contributed by atoms with van der Waals surface area (Å²) in [6.45, 7) is 2.07. The minimum atomic E-state index is -0.218. The Morgan fingerprint density at radius 3 is 1.94 bits per heavy atom. The second-order valence-corrected chi connectivity index (χ2v) is 4.41. The summed E-state index contributed by atoms with van der Waals surface area (Å²) in [4.78, 5) is 0. The molecule has 0 fully saturated rings. The van der Waals surface area contributed by atoms with Gasteiger partial charge in [0.2, 0.25) is 0 Å². The maximum atomic E-state index is 12.8. The minimum absolute atomic E-state index is 0.217. The first kappa shape index (κ1) is 12.6. The fourth-order valence-corrected chi connectivity index (χ4v) is 1.84. The topological polar surface area (TPSA) is 0 Å². The predicted molar refractivity (Wildman–Crippen MR) is 69.2 cm³/mol. The van der Waals surface area contributed by atoms with Gasteiger partial charge in [-0.1, -0.05) is 24.3 Å². The van der Waals surface area contributed by atoms with E-state index in [0.717, 1.165) is 17.5 Å². The molecule has 0 radical (unpaired) electrons. The van der Waals surface area contributed by atoms with E-state index in [9.17, 15) is 8.78 Å². The van der Waals surface area contributed by atoms with Gasteiger partial charge in [-0.2, -0.15) is 0 Å². The van der Waals surface area contributed by atoms with Gasteiger partial charge >= 0.3 is 0 Å². The zero-order valence-corrected chi connectivity index (χ0v) is 10.2. The largest absolute Gasteiger partial charge is 0.207 e. The minimum Gasteiger partial charge on any atom is -0.207 e. The lowest BCUT2D eigenvalue weighted by Gasteiger charge is -2.04. The van der Waals surface area contributed by atoms with Crippen molar-refractivity contribution in [1.29, 1.82) is 0 Å². The first-order valence-electron chi connectivity index (χ1n) is 5.98. The highest BCUT2D eigenvalue weighted by Gasteiger charge is 2.14. The van der Waals surface area contributed by atoms with E-state index < -0.39 is 0 Å². The van der Waals surface area contributed by atoms with Gasteiger partial charge in [0.25, 0.3) is 0 Å². The number of hydrogen-bond donors (Lipinski definition) is 0. The van der Waals surface area contributed by atoms with Gasteiger partial charge in [-0.25, -0.2) is 8.78 Å². The average molecular weight is 245 g/mol. The molecule has 2 aromatic carbocycles. The second kappa shape index (κ2) is 5.67. The molecule has 0 aromatic heterocycles. The van der Waals surface area contributed by atoms with Crippen molar-refractivity contribution in [2.24, 2.45) is 0 Å². The summed E-state index contributed by atoms with van der Waals surface area (Å²) >= 11 is 0. The van der Waals surface area contributed by atoms with E-state index >= 15 is 0 Å². The Balaban J connectivity index is 1.93. The molecule has 2 aromatic rings. The lowest BCUT2D eigenvalue weighted by molar-refractivity contribution is 0.626. The van der Waals surface area contributed by atoms with Gasteiger partial charge < -0.3 is 0 Å². The SMILES string of the molecule is CC([CH+]Cc1ccc(F)cc1)c1ccc(F)cc1. The number of halogens is 2. The molecule has 1 unspecified atom stereocenters. The van der Waals surface area contributed by atoms with Crippen LogP contribution in [0.1, 0.15) is 24.0 Å². The van der Waals surface area contributed by atoms with E-state index in [0.29, 0.717) is 0 Å². The van der Waals surface area contributed by atoms with Crippen molar-refractivity contribution < 1.29 is 8.78 Å². The van der Waals surface area contributed by atoms with Crippen molar-refractivity contribution in [3.8, 4) is 0 Å². The van der Waals surface area contributed by atoms with Crippen molar-refractivity contribution in [2.45, 2.75) is 19.3 Å². The summed E-state index contributed by atoms with van der Waals surface area (Å²) in [5.41, 5.74) is 2.16. The second-order valence-electron chi connectivity index (χ2n) is 4.41. The first-order chi connectivity index (χ1) is 8.65. The Hall–Kier alpha value is -1.83.